The second kappa shape index (κ2) is 4.38. The summed E-state index contributed by atoms with van der Waals surface area (Å²) in [5, 5.41) is 5.65. The molecule has 2 aromatic rings. The maximum Gasteiger partial charge on any atom is 0.0908 e. The van der Waals surface area contributed by atoms with Gasteiger partial charge in [-0.15, -0.1) is 0 Å². The summed E-state index contributed by atoms with van der Waals surface area (Å²) >= 11 is 6.23. The first-order valence-corrected chi connectivity index (χ1v) is 7.50. The molecule has 0 radical (unpaired) electrons. The van der Waals surface area contributed by atoms with E-state index in [1.807, 2.05) is 12.1 Å². The Morgan fingerprint density at radius 1 is 1.11 bits per heavy atom. The van der Waals surface area contributed by atoms with Crippen molar-refractivity contribution in [1.82, 2.24) is 4.98 Å². The fraction of sp³-hybridized carbons (Fsp3) is 0.438. The summed E-state index contributed by atoms with van der Waals surface area (Å²) in [6.45, 7) is 0. The molecule has 2 nitrogen and oxygen atoms in total. The van der Waals surface area contributed by atoms with Crippen LogP contribution in [0.5, 0.6) is 0 Å². The van der Waals surface area contributed by atoms with Gasteiger partial charge in [0.25, 0.3) is 0 Å². The largest absolute Gasteiger partial charge is 0.381 e. The first-order chi connectivity index (χ1) is 9.33. The van der Waals surface area contributed by atoms with Gasteiger partial charge in [-0.1, -0.05) is 11.6 Å². The first kappa shape index (κ1) is 11.5. The molecule has 2 aliphatic rings. The average Bonchev–Trinajstić information content (AvgIpc) is 3.30. The van der Waals surface area contributed by atoms with Crippen LogP contribution >= 0.6 is 11.6 Å². The van der Waals surface area contributed by atoms with Crippen LogP contribution in [-0.4, -0.2) is 11.0 Å². The van der Waals surface area contributed by atoms with Gasteiger partial charge in [-0.2, -0.15) is 0 Å². The topological polar surface area (TPSA) is 24.9 Å². The fourth-order valence-corrected chi connectivity index (χ4v) is 3.19. The summed E-state index contributed by atoms with van der Waals surface area (Å²) in [5.74, 6) is 1.77. The Kier molecular flexibility index (Phi) is 2.66. The normalized spacial score (nSPS) is 19.1. The lowest BCUT2D eigenvalue weighted by Crippen LogP contribution is -2.24. The predicted molar refractivity (Wildman–Crippen MR) is 79.6 cm³/mol. The maximum absolute atomic E-state index is 6.23. The van der Waals surface area contributed by atoms with Crippen LogP contribution in [0.4, 0.5) is 5.69 Å². The van der Waals surface area contributed by atoms with E-state index in [2.05, 4.69) is 22.4 Å². The number of nitrogens with zero attached hydrogens (tertiary/aromatic N) is 1. The van der Waals surface area contributed by atoms with Gasteiger partial charge in [-0.3, -0.25) is 4.98 Å². The highest BCUT2D eigenvalue weighted by Gasteiger charge is 2.41. The van der Waals surface area contributed by atoms with Crippen molar-refractivity contribution in [2.75, 3.05) is 5.32 Å². The highest BCUT2D eigenvalue weighted by atomic mass is 35.5. The number of fused-ring (bicyclic) bond motifs is 1. The van der Waals surface area contributed by atoms with Crippen molar-refractivity contribution in [3.63, 3.8) is 0 Å². The summed E-state index contributed by atoms with van der Waals surface area (Å²) in [6.07, 6.45) is 7.35. The van der Waals surface area contributed by atoms with E-state index in [1.54, 1.807) is 6.20 Å². The van der Waals surface area contributed by atoms with Crippen LogP contribution in [-0.2, 0) is 0 Å². The number of rotatable bonds is 4. The molecule has 2 saturated carbocycles. The van der Waals surface area contributed by atoms with Gasteiger partial charge in [0.05, 0.1) is 10.5 Å². The Bertz CT molecular complexity index is 605. The van der Waals surface area contributed by atoms with Crippen LogP contribution in [0.3, 0.4) is 0 Å². The van der Waals surface area contributed by atoms with Crippen LogP contribution < -0.4 is 5.32 Å². The van der Waals surface area contributed by atoms with Gasteiger partial charge in [0.1, 0.15) is 0 Å². The molecule has 0 amide bonds. The number of hydrogen-bond donors (Lipinski definition) is 1. The zero-order valence-electron chi connectivity index (χ0n) is 10.8. The third kappa shape index (κ3) is 2.18. The molecular formula is C16H17ClN2. The van der Waals surface area contributed by atoms with Crippen molar-refractivity contribution in [3.8, 4) is 0 Å². The molecule has 1 heterocycles. The number of halogens is 1. The van der Waals surface area contributed by atoms with E-state index in [0.717, 1.165) is 27.8 Å². The molecule has 0 bridgehead atoms. The molecule has 19 heavy (non-hydrogen) atoms. The molecule has 0 atom stereocenters. The molecular weight excluding hydrogens is 256 g/mol. The van der Waals surface area contributed by atoms with Crippen molar-refractivity contribution in [1.29, 1.82) is 0 Å². The zero-order chi connectivity index (χ0) is 12.8. The van der Waals surface area contributed by atoms with E-state index < -0.39 is 0 Å². The van der Waals surface area contributed by atoms with Crippen LogP contribution in [0.2, 0.25) is 5.02 Å². The van der Waals surface area contributed by atoms with Gasteiger partial charge in [0.15, 0.2) is 0 Å². The lowest BCUT2D eigenvalue weighted by molar-refractivity contribution is 0.568. The van der Waals surface area contributed by atoms with Crippen molar-refractivity contribution in [2.45, 2.75) is 31.7 Å². The molecule has 2 fully saturated rings. The molecule has 1 N–H and O–H groups in total. The number of hydrogen-bond acceptors (Lipinski definition) is 2. The van der Waals surface area contributed by atoms with Gasteiger partial charge in [0.2, 0.25) is 0 Å². The smallest absolute Gasteiger partial charge is 0.0908 e. The van der Waals surface area contributed by atoms with E-state index >= 15 is 0 Å². The molecule has 1 aromatic heterocycles. The molecule has 0 saturated heterocycles. The Balaban J connectivity index is 1.72. The minimum Gasteiger partial charge on any atom is -0.381 e. The van der Waals surface area contributed by atoms with Crippen LogP contribution in [0.1, 0.15) is 25.7 Å². The maximum atomic E-state index is 6.23. The van der Waals surface area contributed by atoms with Gasteiger partial charge < -0.3 is 5.32 Å². The van der Waals surface area contributed by atoms with E-state index in [4.69, 9.17) is 11.6 Å². The standard InChI is InChI=1S/C16H17ClN2/c17-13-7-8-14(12-2-1-9-18-16(12)13)19-15(10-3-4-10)11-5-6-11/h1-2,7-11,15,19H,3-6H2. The van der Waals surface area contributed by atoms with Gasteiger partial charge in [-0.05, 0) is 61.8 Å². The van der Waals surface area contributed by atoms with Gasteiger partial charge in [0, 0.05) is 23.3 Å². The first-order valence-electron chi connectivity index (χ1n) is 7.13. The van der Waals surface area contributed by atoms with Crippen LogP contribution in [0.25, 0.3) is 10.9 Å². The van der Waals surface area contributed by atoms with Crippen molar-refractivity contribution < 1.29 is 0 Å². The SMILES string of the molecule is Clc1ccc(NC(C2CC2)C2CC2)c2cccnc12. The third-order valence-electron chi connectivity index (χ3n) is 4.30. The summed E-state index contributed by atoms with van der Waals surface area (Å²) < 4.78 is 0. The molecule has 98 valence electrons. The Hall–Kier alpha value is -1.28. The number of aromatic nitrogens is 1. The molecule has 1 aromatic carbocycles. The van der Waals surface area contributed by atoms with Crippen molar-refractivity contribution in [2.24, 2.45) is 11.8 Å². The minimum atomic E-state index is 0.657. The highest BCUT2D eigenvalue weighted by molar-refractivity contribution is 6.35. The number of pyridine rings is 1. The second-order valence-corrected chi connectivity index (χ2v) is 6.25. The summed E-state index contributed by atoms with van der Waals surface area (Å²) in [5.41, 5.74) is 2.09. The predicted octanol–water partition coefficient (Wildman–Crippen LogP) is 4.49. The van der Waals surface area contributed by atoms with Crippen LogP contribution in [0, 0.1) is 11.8 Å². The molecule has 0 spiro atoms. The summed E-state index contributed by atoms with van der Waals surface area (Å²) in [4.78, 5) is 4.40. The molecule has 2 aliphatic carbocycles. The van der Waals surface area contributed by atoms with E-state index in [0.29, 0.717) is 6.04 Å². The second-order valence-electron chi connectivity index (χ2n) is 5.84. The highest BCUT2D eigenvalue weighted by Crippen LogP contribution is 2.46. The lowest BCUT2D eigenvalue weighted by atomic mass is 10.1. The quantitative estimate of drug-likeness (QED) is 0.887. The lowest BCUT2D eigenvalue weighted by Gasteiger charge is -2.20. The van der Waals surface area contributed by atoms with Crippen molar-refractivity contribution >= 4 is 28.2 Å². The Labute approximate surface area is 118 Å². The van der Waals surface area contributed by atoms with Gasteiger partial charge in [-0.25, -0.2) is 0 Å². The fourth-order valence-electron chi connectivity index (χ4n) is 2.97. The van der Waals surface area contributed by atoms with Gasteiger partial charge >= 0.3 is 0 Å². The zero-order valence-corrected chi connectivity index (χ0v) is 11.5. The number of benzene rings is 1. The number of nitrogens with one attached hydrogen (secondary N) is 1. The summed E-state index contributed by atoms with van der Waals surface area (Å²) in [6, 6.07) is 8.80. The van der Waals surface area contributed by atoms with Crippen molar-refractivity contribution in [3.05, 3.63) is 35.5 Å². The Morgan fingerprint density at radius 2 is 1.84 bits per heavy atom. The molecule has 4 rings (SSSR count). The summed E-state index contributed by atoms with van der Waals surface area (Å²) in [7, 11) is 0. The molecule has 0 aliphatic heterocycles. The molecule has 0 unspecified atom stereocenters. The van der Waals surface area contributed by atoms with E-state index in [-0.39, 0.29) is 0 Å². The monoisotopic (exact) mass is 272 g/mol. The van der Waals surface area contributed by atoms with E-state index in [9.17, 15) is 0 Å². The Morgan fingerprint density at radius 3 is 2.53 bits per heavy atom. The minimum absolute atomic E-state index is 0.657. The van der Waals surface area contributed by atoms with E-state index in [1.165, 1.54) is 31.4 Å². The third-order valence-corrected chi connectivity index (χ3v) is 4.61. The average molecular weight is 273 g/mol. The molecule has 3 heteroatoms. The number of anilines is 1. The van der Waals surface area contributed by atoms with Crippen LogP contribution in [0.15, 0.2) is 30.5 Å².